The standard InChI is InChI=1S/C23H27N5O2/c1-15-10-21(26-20-12-17(6-9-24-20)16-2-3-16)27-22(11-15)28-13-19(25-14-28)23(30)7-4-18(29)5-8-23/h6,9-14,16,18,29-30H,2-5,7-8H2,1H3,(H,24,26,27)/t18-,23+. The van der Waals surface area contributed by atoms with E-state index in [-0.39, 0.29) is 6.10 Å². The molecule has 3 N–H and O–H groups in total. The first-order chi connectivity index (χ1) is 14.5. The summed E-state index contributed by atoms with van der Waals surface area (Å²) in [5.74, 6) is 2.92. The van der Waals surface area contributed by atoms with Crippen LogP contribution in [0.4, 0.5) is 11.6 Å². The monoisotopic (exact) mass is 405 g/mol. The van der Waals surface area contributed by atoms with Gasteiger partial charge in [0.15, 0.2) is 0 Å². The van der Waals surface area contributed by atoms with E-state index in [1.165, 1.54) is 18.4 Å². The molecule has 2 saturated carbocycles. The van der Waals surface area contributed by atoms with E-state index >= 15 is 0 Å². The maximum atomic E-state index is 11.0. The van der Waals surface area contributed by atoms with Gasteiger partial charge < -0.3 is 15.5 Å². The summed E-state index contributed by atoms with van der Waals surface area (Å²) < 4.78 is 1.84. The van der Waals surface area contributed by atoms with E-state index < -0.39 is 5.60 Å². The van der Waals surface area contributed by atoms with Crippen LogP contribution in [0.1, 0.15) is 61.3 Å². The lowest BCUT2D eigenvalue weighted by atomic mass is 9.81. The Bertz CT molecular complexity index is 1050. The molecule has 0 saturated heterocycles. The molecule has 2 aliphatic carbocycles. The second-order valence-corrected chi connectivity index (χ2v) is 8.69. The van der Waals surface area contributed by atoms with Crippen LogP contribution in [0, 0.1) is 6.92 Å². The van der Waals surface area contributed by atoms with Crippen molar-refractivity contribution in [3.63, 3.8) is 0 Å². The number of nitrogens with one attached hydrogen (secondary N) is 1. The minimum absolute atomic E-state index is 0.327. The zero-order chi connectivity index (χ0) is 20.7. The fraction of sp³-hybridized carbons (Fsp3) is 0.435. The first kappa shape index (κ1) is 19.2. The van der Waals surface area contributed by atoms with E-state index in [0.29, 0.717) is 37.3 Å². The van der Waals surface area contributed by atoms with E-state index in [0.717, 1.165) is 23.0 Å². The minimum Gasteiger partial charge on any atom is -0.393 e. The Labute approximate surface area is 175 Å². The number of hydrogen-bond donors (Lipinski definition) is 3. The predicted molar refractivity (Wildman–Crippen MR) is 114 cm³/mol. The molecule has 3 aromatic rings. The third kappa shape index (κ3) is 3.95. The van der Waals surface area contributed by atoms with Crippen LogP contribution in [0.2, 0.25) is 0 Å². The molecule has 7 heteroatoms. The average Bonchev–Trinajstić information content (AvgIpc) is 3.46. The number of anilines is 2. The fourth-order valence-corrected chi connectivity index (χ4v) is 4.19. The van der Waals surface area contributed by atoms with Crippen LogP contribution in [0.25, 0.3) is 5.82 Å². The van der Waals surface area contributed by atoms with E-state index in [2.05, 4.69) is 27.4 Å². The second-order valence-electron chi connectivity index (χ2n) is 8.69. The topological polar surface area (TPSA) is 96.1 Å². The van der Waals surface area contributed by atoms with Crippen molar-refractivity contribution in [1.82, 2.24) is 19.5 Å². The Morgan fingerprint density at radius 1 is 1.07 bits per heavy atom. The van der Waals surface area contributed by atoms with Gasteiger partial charge in [-0.05, 0) is 86.8 Å². The molecule has 0 aromatic carbocycles. The first-order valence-corrected chi connectivity index (χ1v) is 10.7. The largest absolute Gasteiger partial charge is 0.393 e. The number of hydrogen-bond acceptors (Lipinski definition) is 6. The Morgan fingerprint density at radius 3 is 2.63 bits per heavy atom. The highest BCUT2D eigenvalue weighted by atomic mass is 16.3. The number of rotatable bonds is 5. The molecule has 156 valence electrons. The van der Waals surface area contributed by atoms with Gasteiger partial charge in [0.1, 0.15) is 29.4 Å². The van der Waals surface area contributed by atoms with Gasteiger partial charge in [0.25, 0.3) is 0 Å². The summed E-state index contributed by atoms with van der Waals surface area (Å²) in [7, 11) is 0. The Morgan fingerprint density at radius 2 is 1.87 bits per heavy atom. The molecule has 3 aromatic heterocycles. The van der Waals surface area contributed by atoms with Gasteiger partial charge in [-0.15, -0.1) is 0 Å². The smallest absolute Gasteiger partial charge is 0.140 e. The quantitative estimate of drug-likeness (QED) is 0.599. The van der Waals surface area contributed by atoms with Gasteiger partial charge >= 0.3 is 0 Å². The van der Waals surface area contributed by atoms with Crippen molar-refractivity contribution in [2.45, 2.75) is 63.1 Å². The number of aliphatic hydroxyl groups excluding tert-OH is 1. The molecule has 0 aliphatic heterocycles. The van der Waals surface area contributed by atoms with Crippen molar-refractivity contribution >= 4 is 11.6 Å². The van der Waals surface area contributed by atoms with Gasteiger partial charge in [0.05, 0.1) is 11.8 Å². The summed E-state index contributed by atoms with van der Waals surface area (Å²) in [4.78, 5) is 13.6. The third-order valence-corrected chi connectivity index (χ3v) is 6.15. The summed E-state index contributed by atoms with van der Waals surface area (Å²) >= 11 is 0. The number of pyridine rings is 2. The van der Waals surface area contributed by atoms with Crippen LogP contribution in [0.5, 0.6) is 0 Å². The van der Waals surface area contributed by atoms with Crippen LogP contribution >= 0.6 is 0 Å². The molecular formula is C23H27N5O2. The maximum absolute atomic E-state index is 11.0. The number of nitrogens with zero attached hydrogens (tertiary/aromatic N) is 4. The summed E-state index contributed by atoms with van der Waals surface area (Å²) in [6.07, 6.45) is 9.77. The van der Waals surface area contributed by atoms with E-state index in [1.54, 1.807) is 6.33 Å². The van der Waals surface area contributed by atoms with Gasteiger partial charge in [-0.2, -0.15) is 0 Å². The zero-order valence-electron chi connectivity index (χ0n) is 17.1. The van der Waals surface area contributed by atoms with Crippen molar-refractivity contribution in [1.29, 1.82) is 0 Å². The molecular weight excluding hydrogens is 378 g/mol. The lowest BCUT2D eigenvalue weighted by molar-refractivity contribution is -0.0389. The van der Waals surface area contributed by atoms with Gasteiger partial charge in [-0.1, -0.05) is 0 Å². The molecule has 3 heterocycles. The van der Waals surface area contributed by atoms with Crippen molar-refractivity contribution in [3.05, 3.63) is 59.8 Å². The molecule has 0 atom stereocenters. The normalized spacial score (nSPS) is 24.0. The van der Waals surface area contributed by atoms with Gasteiger partial charge in [0, 0.05) is 12.4 Å². The fourth-order valence-electron chi connectivity index (χ4n) is 4.19. The maximum Gasteiger partial charge on any atom is 0.140 e. The molecule has 0 radical (unpaired) electrons. The Kier molecular flexibility index (Phi) is 4.79. The zero-order valence-corrected chi connectivity index (χ0v) is 17.1. The molecule has 0 bridgehead atoms. The highest BCUT2D eigenvalue weighted by Gasteiger charge is 2.36. The van der Waals surface area contributed by atoms with Gasteiger partial charge in [-0.3, -0.25) is 4.57 Å². The summed E-state index contributed by atoms with van der Waals surface area (Å²) in [6, 6.07) is 8.16. The molecule has 5 rings (SSSR count). The summed E-state index contributed by atoms with van der Waals surface area (Å²) in [5.41, 5.74) is 2.04. The molecule has 0 spiro atoms. The van der Waals surface area contributed by atoms with Crippen LogP contribution in [-0.4, -0.2) is 35.8 Å². The molecule has 30 heavy (non-hydrogen) atoms. The van der Waals surface area contributed by atoms with Crippen molar-refractivity contribution in [3.8, 4) is 5.82 Å². The van der Waals surface area contributed by atoms with Crippen LogP contribution < -0.4 is 5.32 Å². The average molecular weight is 406 g/mol. The molecule has 7 nitrogen and oxygen atoms in total. The molecule has 2 fully saturated rings. The van der Waals surface area contributed by atoms with E-state index in [4.69, 9.17) is 4.98 Å². The summed E-state index contributed by atoms with van der Waals surface area (Å²) in [5, 5.41) is 24.0. The van der Waals surface area contributed by atoms with Crippen molar-refractivity contribution in [2.24, 2.45) is 0 Å². The Balaban J connectivity index is 1.39. The number of aliphatic hydroxyl groups is 2. The van der Waals surface area contributed by atoms with Crippen LogP contribution in [0.3, 0.4) is 0 Å². The lowest BCUT2D eigenvalue weighted by Crippen LogP contribution is -2.33. The number of aromatic nitrogens is 4. The number of aryl methyl sites for hydroxylation is 1. The Hall–Kier alpha value is -2.77. The lowest BCUT2D eigenvalue weighted by Gasteiger charge is -2.32. The van der Waals surface area contributed by atoms with Crippen LogP contribution in [-0.2, 0) is 5.60 Å². The second kappa shape index (κ2) is 7.49. The highest BCUT2D eigenvalue weighted by Crippen LogP contribution is 2.40. The van der Waals surface area contributed by atoms with Crippen molar-refractivity contribution in [2.75, 3.05) is 5.32 Å². The molecule has 0 unspecified atom stereocenters. The van der Waals surface area contributed by atoms with Gasteiger partial charge in [0.2, 0.25) is 0 Å². The predicted octanol–water partition coefficient (Wildman–Crippen LogP) is 3.71. The molecule has 2 aliphatic rings. The van der Waals surface area contributed by atoms with E-state index in [1.807, 2.05) is 36.0 Å². The van der Waals surface area contributed by atoms with Crippen molar-refractivity contribution < 1.29 is 10.2 Å². The SMILES string of the molecule is Cc1cc(Nc2cc(C3CC3)ccn2)nc(-n2cnc([C@]3(O)CC[C@@H](O)CC3)c2)c1. The summed E-state index contributed by atoms with van der Waals surface area (Å²) in [6.45, 7) is 2.03. The highest BCUT2D eigenvalue weighted by molar-refractivity contribution is 5.55. The first-order valence-electron chi connectivity index (χ1n) is 10.7. The van der Waals surface area contributed by atoms with Gasteiger partial charge in [-0.25, -0.2) is 15.0 Å². The minimum atomic E-state index is -0.984. The molecule has 0 amide bonds. The third-order valence-electron chi connectivity index (χ3n) is 6.15. The van der Waals surface area contributed by atoms with Crippen LogP contribution in [0.15, 0.2) is 43.0 Å². The van der Waals surface area contributed by atoms with E-state index in [9.17, 15) is 10.2 Å². The number of imidazole rings is 1.